The van der Waals surface area contributed by atoms with Crippen molar-refractivity contribution in [1.29, 1.82) is 0 Å². The highest BCUT2D eigenvalue weighted by Crippen LogP contribution is 1.84. The average molecular weight is 114 g/mol. The largest absolute Gasteiger partial charge is 0.377 e. The number of ether oxygens (including phenoxy) is 1. The Labute approximate surface area is 51.7 Å². The minimum atomic E-state index is 1.00. The van der Waals surface area contributed by atoms with Crippen LogP contribution in [0.1, 0.15) is 6.92 Å². The van der Waals surface area contributed by atoms with E-state index in [1.165, 1.54) is 0 Å². The van der Waals surface area contributed by atoms with Crippen LogP contribution in [0.3, 0.4) is 0 Å². The molecule has 8 heavy (non-hydrogen) atoms. The lowest BCUT2D eigenvalue weighted by atomic mass is 10.8. The van der Waals surface area contributed by atoms with Gasteiger partial charge in [-0.25, -0.2) is 0 Å². The van der Waals surface area contributed by atoms with Crippen LogP contribution in [0.4, 0.5) is 0 Å². The van der Waals surface area contributed by atoms with Gasteiger partial charge in [0.25, 0.3) is 0 Å². The minimum absolute atomic E-state index is 1.00. The molecule has 48 valence electrons. The third kappa shape index (κ3) is 554. The maximum atomic E-state index is 4.50. The summed E-state index contributed by atoms with van der Waals surface area (Å²) in [6.45, 7) is 13.2. The van der Waals surface area contributed by atoms with Crippen molar-refractivity contribution in [1.82, 2.24) is 0 Å². The van der Waals surface area contributed by atoms with Gasteiger partial charge in [0.1, 0.15) is 0 Å². The van der Waals surface area contributed by atoms with Crippen molar-refractivity contribution in [2.24, 2.45) is 0 Å². The molecule has 0 aromatic rings. The molecule has 1 fully saturated rings. The van der Waals surface area contributed by atoms with Crippen LogP contribution in [0.15, 0.2) is 25.8 Å². The summed E-state index contributed by atoms with van der Waals surface area (Å²) in [5.41, 5.74) is 0. The number of epoxide rings is 1. The lowest BCUT2D eigenvalue weighted by Crippen LogP contribution is -1.20. The molecule has 0 atom stereocenters. The maximum Gasteiger partial charge on any atom is 0.0701 e. The van der Waals surface area contributed by atoms with Gasteiger partial charge < -0.3 is 4.74 Å². The predicted octanol–water partition coefficient (Wildman–Crippen LogP) is 2.01. The second-order valence-electron chi connectivity index (χ2n) is 1.02. The van der Waals surface area contributed by atoms with Gasteiger partial charge in [0, 0.05) is 0 Å². The monoisotopic (exact) mass is 114 g/mol. The molecular weight excluding hydrogens is 100 g/mol. The first-order valence-corrected chi connectivity index (χ1v) is 2.56. The van der Waals surface area contributed by atoms with Crippen molar-refractivity contribution in [3.63, 3.8) is 0 Å². The fourth-order valence-corrected chi connectivity index (χ4v) is 0. The van der Waals surface area contributed by atoms with Crippen LogP contribution >= 0.6 is 0 Å². The lowest BCUT2D eigenvalue weighted by Gasteiger charge is -1.31. The Hall–Kier alpha value is -0.560. The van der Waals surface area contributed by atoms with E-state index >= 15 is 0 Å². The van der Waals surface area contributed by atoms with Crippen molar-refractivity contribution < 1.29 is 4.74 Å². The Bertz CT molecular complexity index is 36.9. The highest BCUT2D eigenvalue weighted by molar-refractivity contribution is 4.51. The zero-order valence-corrected chi connectivity index (χ0v) is 5.52. The normalized spacial score (nSPS) is 11.1. The third-order valence-corrected chi connectivity index (χ3v) is 0.204. The van der Waals surface area contributed by atoms with Gasteiger partial charge in [-0.15, -0.1) is 19.7 Å². The fraction of sp³-hybridized carbons (Fsp3) is 0.429. The molecule has 0 saturated carbocycles. The summed E-state index contributed by atoms with van der Waals surface area (Å²) in [6, 6.07) is 0. The van der Waals surface area contributed by atoms with E-state index in [9.17, 15) is 0 Å². The molecule has 1 saturated heterocycles. The summed E-state index contributed by atoms with van der Waals surface area (Å²) in [7, 11) is 0. The van der Waals surface area contributed by atoms with Crippen molar-refractivity contribution in [3.05, 3.63) is 25.8 Å². The van der Waals surface area contributed by atoms with Crippen LogP contribution < -0.4 is 0 Å². The molecule has 0 radical (unpaired) electrons. The molecule has 0 amide bonds. The van der Waals surface area contributed by atoms with Crippen molar-refractivity contribution >= 4 is 0 Å². The molecule has 0 aromatic carbocycles. The molecule has 1 heteroatoms. The van der Waals surface area contributed by atoms with E-state index in [0.717, 1.165) is 13.2 Å². The van der Waals surface area contributed by atoms with E-state index in [0.29, 0.717) is 0 Å². The van der Waals surface area contributed by atoms with Crippen molar-refractivity contribution in [2.45, 2.75) is 6.92 Å². The topological polar surface area (TPSA) is 12.5 Å². The highest BCUT2D eigenvalue weighted by atomic mass is 16.6. The van der Waals surface area contributed by atoms with Crippen LogP contribution in [0.2, 0.25) is 0 Å². The first-order valence-electron chi connectivity index (χ1n) is 2.56. The summed E-state index contributed by atoms with van der Waals surface area (Å²) in [5, 5.41) is 0. The Balaban J connectivity index is 0. The minimum Gasteiger partial charge on any atom is -0.377 e. The summed E-state index contributed by atoms with van der Waals surface area (Å²) in [4.78, 5) is 0. The van der Waals surface area contributed by atoms with Gasteiger partial charge >= 0.3 is 0 Å². The summed E-state index contributed by atoms with van der Waals surface area (Å²) < 4.78 is 4.50. The van der Waals surface area contributed by atoms with Gasteiger partial charge in [0.2, 0.25) is 0 Å². The Morgan fingerprint density at radius 2 is 1.50 bits per heavy atom. The van der Waals surface area contributed by atoms with E-state index in [-0.39, 0.29) is 0 Å². The molecule has 1 aliphatic rings. The van der Waals surface area contributed by atoms with Gasteiger partial charge in [-0.1, -0.05) is 6.08 Å². The van der Waals surface area contributed by atoms with Gasteiger partial charge in [-0.05, 0) is 6.92 Å². The summed E-state index contributed by atoms with van der Waals surface area (Å²) in [5.74, 6) is 0. The first kappa shape index (κ1) is 10.4. The Morgan fingerprint density at radius 1 is 1.38 bits per heavy atom. The van der Waals surface area contributed by atoms with Gasteiger partial charge in [-0.2, -0.15) is 0 Å². The number of rotatable bonds is 0. The Kier molecular flexibility index (Phi) is 21.0. The smallest absolute Gasteiger partial charge is 0.0701 e. The molecule has 0 aliphatic carbocycles. The highest BCUT2D eigenvalue weighted by Gasteiger charge is 1.94. The maximum absolute atomic E-state index is 4.50. The molecule has 0 aromatic heterocycles. The Morgan fingerprint density at radius 3 is 1.50 bits per heavy atom. The molecule has 1 heterocycles. The van der Waals surface area contributed by atoms with Crippen molar-refractivity contribution in [3.8, 4) is 0 Å². The van der Waals surface area contributed by atoms with Crippen LogP contribution in [-0.4, -0.2) is 13.2 Å². The zero-order chi connectivity index (χ0) is 6.83. The molecule has 1 nitrogen and oxygen atoms in total. The summed E-state index contributed by atoms with van der Waals surface area (Å²) in [6.07, 6.45) is 1.75. The molecule has 0 spiro atoms. The number of hydrogen-bond donors (Lipinski definition) is 0. The van der Waals surface area contributed by atoms with Crippen LogP contribution in [-0.2, 0) is 4.74 Å². The quantitative estimate of drug-likeness (QED) is 0.346. The third-order valence-electron chi connectivity index (χ3n) is 0.204. The second-order valence-corrected chi connectivity index (χ2v) is 1.02. The van der Waals surface area contributed by atoms with E-state index < -0.39 is 0 Å². The SMILES string of the molecule is C1CO1.C=C.C=CC. The second kappa shape index (κ2) is 16.1. The molecule has 0 N–H and O–H groups in total. The average Bonchev–Trinajstić information content (AvgIpc) is 2.54. The van der Waals surface area contributed by atoms with Gasteiger partial charge in [0.05, 0.1) is 13.2 Å². The number of allylic oxidation sites excluding steroid dienone is 1. The standard InChI is InChI=1S/C3H6.C2H4O.C2H4/c1-3-2;1-2-3-1;1-2/h3H,1H2,2H3;1-2H2;1-2H2. The zero-order valence-electron chi connectivity index (χ0n) is 5.52. The fourth-order valence-electron chi connectivity index (χ4n) is 0. The van der Waals surface area contributed by atoms with Crippen molar-refractivity contribution in [2.75, 3.05) is 13.2 Å². The summed E-state index contributed by atoms with van der Waals surface area (Å²) >= 11 is 0. The predicted molar refractivity (Wildman–Crippen MR) is 37.9 cm³/mol. The van der Waals surface area contributed by atoms with E-state index in [2.05, 4.69) is 24.5 Å². The van der Waals surface area contributed by atoms with E-state index in [1.807, 2.05) is 6.92 Å². The molecule has 1 rings (SSSR count). The van der Waals surface area contributed by atoms with Gasteiger partial charge in [-0.3, -0.25) is 0 Å². The van der Waals surface area contributed by atoms with Crippen LogP contribution in [0, 0.1) is 0 Å². The van der Waals surface area contributed by atoms with Crippen LogP contribution in [0.5, 0.6) is 0 Å². The van der Waals surface area contributed by atoms with Gasteiger partial charge in [0.15, 0.2) is 0 Å². The lowest BCUT2D eigenvalue weighted by molar-refractivity contribution is 0.475. The number of hydrogen-bond acceptors (Lipinski definition) is 1. The van der Waals surface area contributed by atoms with E-state index in [4.69, 9.17) is 0 Å². The van der Waals surface area contributed by atoms with E-state index in [1.54, 1.807) is 6.08 Å². The molecule has 0 bridgehead atoms. The molecular formula is C7H14O. The molecule has 1 aliphatic heterocycles. The first-order chi connectivity index (χ1) is 3.91. The van der Waals surface area contributed by atoms with Crippen LogP contribution in [0.25, 0.3) is 0 Å². The molecule has 0 unspecified atom stereocenters.